The molecule has 0 radical (unpaired) electrons. The number of rotatable bonds is 7. The number of likely N-dealkylation sites (N-methyl/N-ethyl adjacent to an activating group) is 1. The molecule has 19 heavy (non-hydrogen) atoms. The number of aromatic nitrogens is 1. The standard InChI is InChI=1S/C17H26N2/c1-4-14(3)12-19-13-15(10-11-18-5-2)16-8-6-7-9-17(16)19/h6-9,13-14,18H,4-5,10-12H2,1-3H3. The number of nitrogens with one attached hydrogen (secondary N) is 1. The Hall–Kier alpha value is -1.28. The Morgan fingerprint density at radius 3 is 2.74 bits per heavy atom. The molecule has 0 fully saturated rings. The second kappa shape index (κ2) is 6.76. The van der Waals surface area contributed by atoms with Crippen LogP contribution in [0.1, 0.15) is 32.8 Å². The van der Waals surface area contributed by atoms with E-state index in [1.807, 2.05) is 0 Å². The van der Waals surface area contributed by atoms with Crippen LogP contribution in [0.15, 0.2) is 30.5 Å². The highest BCUT2D eigenvalue weighted by molar-refractivity contribution is 5.84. The minimum Gasteiger partial charge on any atom is -0.347 e. The van der Waals surface area contributed by atoms with E-state index < -0.39 is 0 Å². The summed E-state index contributed by atoms with van der Waals surface area (Å²) in [5.74, 6) is 0.734. The lowest BCUT2D eigenvalue weighted by molar-refractivity contribution is 0.477. The second-order valence-electron chi connectivity index (χ2n) is 5.44. The highest BCUT2D eigenvalue weighted by Gasteiger charge is 2.09. The predicted octanol–water partition coefficient (Wildman–Crippen LogP) is 3.84. The second-order valence-corrected chi connectivity index (χ2v) is 5.44. The molecular formula is C17H26N2. The molecule has 0 saturated heterocycles. The fourth-order valence-electron chi connectivity index (χ4n) is 2.54. The van der Waals surface area contributed by atoms with Crippen molar-refractivity contribution in [1.29, 1.82) is 0 Å². The first-order valence-corrected chi connectivity index (χ1v) is 7.53. The molecule has 2 heteroatoms. The molecule has 2 rings (SSSR count). The first-order chi connectivity index (χ1) is 9.26. The van der Waals surface area contributed by atoms with Gasteiger partial charge in [-0.1, -0.05) is 45.4 Å². The largest absolute Gasteiger partial charge is 0.347 e. The third-order valence-electron chi connectivity index (χ3n) is 3.90. The molecule has 0 aliphatic rings. The molecule has 0 saturated carbocycles. The van der Waals surface area contributed by atoms with E-state index in [9.17, 15) is 0 Å². The van der Waals surface area contributed by atoms with Crippen LogP contribution in [0.2, 0.25) is 0 Å². The number of benzene rings is 1. The van der Waals surface area contributed by atoms with Crippen molar-refractivity contribution in [3.8, 4) is 0 Å². The normalized spacial score (nSPS) is 13.0. The summed E-state index contributed by atoms with van der Waals surface area (Å²) in [6, 6.07) is 8.79. The Morgan fingerprint density at radius 1 is 1.21 bits per heavy atom. The van der Waals surface area contributed by atoms with Crippen molar-refractivity contribution in [3.05, 3.63) is 36.0 Å². The Bertz CT molecular complexity index is 513. The third-order valence-corrected chi connectivity index (χ3v) is 3.90. The van der Waals surface area contributed by atoms with E-state index in [-0.39, 0.29) is 0 Å². The minimum atomic E-state index is 0.734. The summed E-state index contributed by atoms with van der Waals surface area (Å²) in [5.41, 5.74) is 2.86. The van der Waals surface area contributed by atoms with Gasteiger partial charge < -0.3 is 9.88 Å². The van der Waals surface area contributed by atoms with Crippen molar-refractivity contribution in [2.75, 3.05) is 13.1 Å². The Balaban J connectivity index is 2.26. The van der Waals surface area contributed by atoms with Crippen molar-refractivity contribution < 1.29 is 0 Å². The van der Waals surface area contributed by atoms with E-state index in [1.165, 1.54) is 22.9 Å². The number of nitrogens with zero attached hydrogens (tertiary/aromatic N) is 1. The molecule has 0 aliphatic carbocycles. The maximum absolute atomic E-state index is 3.41. The molecule has 1 N–H and O–H groups in total. The van der Waals surface area contributed by atoms with Gasteiger partial charge in [0, 0.05) is 23.6 Å². The van der Waals surface area contributed by atoms with Gasteiger partial charge in [-0.05, 0) is 37.1 Å². The van der Waals surface area contributed by atoms with Gasteiger partial charge >= 0.3 is 0 Å². The van der Waals surface area contributed by atoms with Crippen molar-refractivity contribution in [1.82, 2.24) is 9.88 Å². The monoisotopic (exact) mass is 258 g/mol. The molecule has 1 atom stereocenters. The quantitative estimate of drug-likeness (QED) is 0.747. The molecule has 0 aliphatic heterocycles. The first-order valence-electron chi connectivity index (χ1n) is 7.53. The van der Waals surface area contributed by atoms with E-state index in [1.54, 1.807) is 0 Å². The van der Waals surface area contributed by atoms with Crippen LogP contribution in [0.4, 0.5) is 0 Å². The van der Waals surface area contributed by atoms with E-state index in [0.717, 1.165) is 32.0 Å². The van der Waals surface area contributed by atoms with Crippen molar-refractivity contribution >= 4 is 10.9 Å². The molecule has 1 unspecified atom stereocenters. The SMILES string of the molecule is CCNCCc1cn(CC(C)CC)c2ccccc12. The Morgan fingerprint density at radius 2 is 2.00 bits per heavy atom. The van der Waals surface area contributed by atoms with E-state index >= 15 is 0 Å². The van der Waals surface area contributed by atoms with Crippen LogP contribution in [0.5, 0.6) is 0 Å². The molecule has 1 heterocycles. The van der Waals surface area contributed by atoms with Gasteiger partial charge in [0.1, 0.15) is 0 Å². The number of hydrogen-bond donors (Lipinski definition) is 1. The highest BCUT2D eigenvalue weighted by Crippen LogP contribution is 2.23. The van der Waals surface area contributed by atoms with Crippen molar-refractivity contribution in [2.24, 2.45) is 5.92 Å². The average Bonchev–Trinajstić information content (AvgIpc) is 2.78. The van der Waals surface area contributed by atoms with Crippen molar-refractivity contribution in [3.63, 3.8) is 0 Å². The van der Waals surface area contributed by atoms with Crippen LogP contribution in [0.25, 0.3) is 10.9 Å². The van der Waals surface area contributed by atoms with Gasteiger partial charge in [-0.25, -0.2) is 0 Å². The smallest absolute Gasteiger partial charge is 0.0483 e. The average molecular weight is 258 g/mol. The van der Waals surface area contributed by atoms with Crippen LogP contribution in [0.3, 0.4) is 0 Å². The molecule has 2 nitrogen and oxygen atoms in total. The predicted molar refractivity (Wildman–Crippen MR) is 83.6 cm³/mol. The molecule has 1 aromatic heterocycles. The molecule has 0 spiro atoms. The zero-order valence-electron chi connectivity index (χ0n) is 12.4. The molecular weight excluding hydrogens is 232 g/mol. The Labute approximate surface area is 116 Å². The van der Waals surface area contributed by atoms with Crippen LogP contribution in [-0.4, -0.2) is 17.7 Å². The lowest BCUT2D eigenvalue weighted by Crippen LogP contribution is -2.15. The third kappa shape index (κ3) is 3.38. The number of para-hydroxylation sites is 1. The van der Waals surface area contributed by atoms with Crippen molar-refractivity contribution in [2.45, 2.75) is 40.2 Å². The fourth-order valence-corrected chi connectivity index (χ4v) is 2.54. The summed E-state index contributed by atoms with van der Waals surface area (Å²) < 4.78 is 2.44. The van der Waals surface area contributed by atoms with Gasteiger partial charge in [0.15, 0.2) is 0 Å². The van der Waals surface area contributed by atoms with Gasteiger partial charge in [-0.3, -0.25) is 0 Å². The molecule has 1 aromatic carbocycles. The Kier molecular flexibility index (Phi) is 5.03. The fraction of sp³-hybridized carbons (Fsp3) is 0.529. The van der Waals surface area contributed by atoms with E-state index in [0.29, 0.717) is 0 Å². The van der Waals surface area contributed by atoms with Gasteiger partial charge in [0.25, 0.3) is 0 Å². The number of hydrogen-bond acceptors (Lipinski definition) is 1. The number of fused-ring (bicyclic) bond motifs is 1. The van der Waals surface area contributed by atoms with Gasteiger partial charge in [0.05, 0.1) is 0 Å². The zero-order chi connectivity index (χ0) is 13.7. The van der Waals surface area contributed by atoms with E-state index in [4.69, 9.17) is 0 Å². The summed E-state index contributed by atoms with van der Waals surface area (Å²) >= 11 is 0. The molecule has 2 aromatic rings. The van der Waals surface area contributed by atoms with Crippen LogP contribution in [-0.2, 0) is 13.0 Å². The van der Waals surface area contributed by atoms with Gasteiger partial charge in [-0.2, -0.15) is 0 Å². The summed E-state index contributed by atoms with van der Waals surface area (Å²) in [5, 5.41) is 4.83. The minimum absolute atomic E-state index is 0.734. The van der Waals surface area contributed by atoms with E-state index in [2.05, 4.69) is 61.1 Å². The van der Waals surface area contributed by atoms with Crippen LogP contribution >= 0.6 is 0 Å². The molecule has 0 bridgehead atoms. The van der Waals surface area contributed by atoms with Gasteiger partial charge in [0.2, 0.25) is 0 Å². The van der Waals surface area contributed by atoms with Gasteiger partial charge in [-0.15, -0.1) is 0 Å². The summed E-state index contributed by atoms with van der Waals surface area (Å²) in [6.45, 7) is 9.99. The first kappa shape index (κ1) is 14.1. The highest BCUT2D eigenvalue weighted by atomic mass is 15.0. The lowest BCUT2D eigenvalue weighted by Gasteiger charge is -2.10. The molecule has 104 valence electrons. The topological polar surface area (TPSA) is 17.0 Å². The maximum Gasteiger partial charge on any atom is 0.0483 e. The van der Waals surface area contributed by atoms with Crippen LogP contribution in [0, 0.1) is 5.92 Å². The summed E-state index contributed by atoms with van der Waals surface area (Å²) in [4.78, 5) is 0. The summed E-state index contributed by atoms with van der Waals surface area (Å²) in [6.07, 6.45) is 4.70. The summed E-state index contributed by atoms with van der Waals surface area (Å²) in [7, 11) is 0. The maximum atomic E-state index is 3.41. The lowest BCUT2D eigenvalue weighted by atomic mass is 10.1. The molecule has 0 amide bonds. The zero-order valence-corrected chi connectivity index (χ0v) is 12.4. The van der Waals surface area contributed by atoms with Crippen LogP contribution < -0.4 is 5.32 Å².